The fraction of sp³-hybridized carbons (Fsp3) is 0.0370. The highest BCUT2D eigenvalue weighted by molar-refractivity contribution is 7.25. The SMILES string of the molecule is C1=CC(c2cc(-c3ccccn3)nc(-c3ccccn3)c2)CC=C1c1cc(-c2ccc(-c3cc(-c4ccccn4)nc(-c4ccccn4)c3)cc2)cc2sc3ccccc3c12. The Hall–Kier alpha value is -7.74. The first-order valence-corrected chi connectivity index (χ1v) is 21.2. The molecule has 1 aliphatic rings. The summed E-state index contributed by atoms with van der Waals surface area (Å²) in [4.78, 5) is 28.5. The molecule has 0 aliphatic heterocycles. The van der Waals surface area contributed by atoms with Gasteiger partial charge < -0.3 is 0 Å². The molecule has 0 fully saturated rings. The molecule has 288 valence electrons. The van der Waals surface area contributed by atoms with E-state index in [1.54, 1.807) is 12.4 Å². The molecule has 1 aliphatic carbocycles. The molecule has 7 aromatic heterocycles. The van der Waals surface area contributed by atoms with Crippen molar-refractivity contribution >= 4 is 37.1 Å². The smallest absolute Gasteiger partial charge is 0.0900 e. The maximum absolute atomic E-state index is 5.01. The Bertz CT molecular complexity index is 3140. The number of benzene rings is 3. The molecule has 61 heavy (non-hydrogen) atoms. The molecule has 7 heteroatoms. The van der Waals surface area contributed by atoms with Crippen molar-refractivity contribution in [2.75, 3.05) is 0 Å². The number of aromatic nitrogens is 6. The fourth-order valence-corrected chi connectivity index (χ4v) is 9.39. The predicted octanol–water partition coefficient (Wildman–Crippen LogP) is 13.6. The molecule has 6 nitrogen and oxygen atoms in total. The molecule has 11 rings (SSSR count). The number of thiophene rings is 1. The van der Waals surface area contributed by atoms with Crippen molar-refractivity contribution in [2.45, 2.75) is 12.3 Å². The number of hydrogen-bond acceptors (Lipinski definition) is 7. The highest BCUT2D eigenvalue weighted by atomic mass is 32.1. The van der Waals surface area contributed by atoms with Gasteiger partial charge in [-0.05, 0) is 136 Å². The van der Waals surface area contributed by atoms with Crippen LogP contribution in [-0.2, 0) is 0 Å². The van der Waals surface area contributed by atoms with Gasteiger partial charge in [0.1, 0.15) is 0 Å². The molecular weight excluding hydrogens is 765 g/mol. The van der Waals surface area contributed by atoms with Crippen molar-refractivity contribution in [1.82, 2.24) is 29.9 Å². The van der Waals surface area contributed by atoms with Crippen LogP contribution >= 0.6 is 11.3 Å². The normalized spacial score (nSPS) is 13.7. The molecule has 3 aromatic carbocycles. The fourth-order valence-electron chi connectivity index (χ4n) is 8.22. The summed E-state index contributed by atoms with van der Waals surface area (Å²) < 4.78 is 2.56. The zero-order valence-corrected chi connectivity index (χ0v) is 33.7. The molecule has 0 spiro atoms. The minimum absolute atomic E-state index is 0.173. The van der Waals surface area contributed by atoms with Crippen LogP contribution in [0.1, 0.15) is 23.5 Å². The quantitative estimate of drug-likeness (QED) is 0.152. The zero-order chi connectivity index (χ0) is 40.5. The topological polar surface area (TPSA) is 77.3 Å². The third-order valence-electron chi connectivity index (χ3n) is 11.3. The van der Waals surface area contributed by atoms with Crippen LogP contribution in [0.25, 0.3) is 93.6 Å². The standard InChI is InChI=1S/C54H36N6S/c1-2-16-52-42(11-1)54-43(38-23-21-37(22-24-38)41-32-50(46-14-5-9-27-57-46)60-51(33-41)47-15-6-10-28-58-47)29-39(34-53(54)61-52)35-17-19-36(20-18-35)40-30-48(44-12-3-7-25-55-44)59-49(31-40)45-13-4-8-26-56-45/h1-21,23-34,37H,22H2. The van der Waals surface area contributed by atoms with Crippen LogP contribution in [0.4, 0.5) is 0 Å². The zero-order valence-electron chi connectivity index (χ0n) is 32.9. The lowest BCUT2D eigenvalue weighted by Crippen LogP contribution is -2.02. The number of hydrogen-bond donors (Lipinski definition) is 0. The Morgan fingerprint density at radius 3 is 1.41 bits per heavy atom. The third-order valence-corrected chi connectivity index (χ3v) is 12.4. The van der Waals surface area contributed by atoms with Gasteiger partial charge in [0, 0.05) is 50.9 Å². The summed E-state index contributed by atoms with van der Waals surface area (Å²) in [5.41, 5.74) is 14.8. The van der Waals surface area contributed by atoms with Crippen LogP contribution in [0.3, 0.4) is 0 Å². The van der Waals surface area contributed by atoms with E-state index in [1.807, 2.05) is 96.5 Å². The monoisotopic (exact) mass is 800 g/mol. The lowest BCUT2D eigenvalue weighted by molar-refractivity contribution is 0.854. The number of nitrogens with zero attached hydrogens (tertiary/aromatic N) is 6. The van der Waals surface area contributed by atoms with E-state index in [-0.39, 0.29) is 5.92 Å². The van der Waals surface area contributed by atoms with Crippen molar-refractivity contribution in [2.24, 2.45) is 0 Å². The summed E-state index contributed by atoms with van der Waals surface area (Å²) >= 11 is 1.86. The van der Waals surface area contributed by atoms with Crippen LogP contribution in [0.5, 0.6) is 0 Å². The van der Waals surface area contributed by atoms with Crippen molar-refractivity contribution < 1.29 is 0 Å². The number of rotatable bonds is 8. The van der Waals surface area contributed by atoms with Gasteiger partial charge in [-0.25, -0.2) is 9.97 Å². The minimum atomic E-state index is 0.173. The van der Waals surface area contributed by atoms with E-state index in [2.05, 4.69) is 123 Å². The number of allylic oxidation sites excluding steroid dienone is 4. The molecule has 10 aromatic rings. The molecule has 0 bridgehead atoms. The van der Waals surface area contributed by atoms with E-state index in [0.29, 0.717) is 0 Å². The van der Waals surface area contributed by atoms with E-state index >= 15 is 0 Å². The second-order valence-electron chi connectivity index (χ2n) is 15.1. The van der Waals surface area contributed by atoms with Gasteiger partial charge in [-0.2, -0.15) is 0 Å². The van der Waals surface area contributed by atoms with Gasteiger partial charge in [-0.1, -0.05) is 85.0 Å². The first kappa shape index (κ1) is 36.3. The summed E-state index contributed by atoms with van der Waals surface area (Å²) in [7, 11) is 0. The van der Waals surface area contributed by atoms with Crippen LogP contribution in [0.15, 0.2) is 201 Å². The molecule has 0 N–H and O–H groups in total. The molecule has 7 heterocycles. The van der Waals surface area contributed by atoms with E-state index in [4.69, 9.17) is 9.97 Å². The highest BCUT2D eigenvalue weighted by Gasteiger charge is 2.20. The Kier molecular flexibility index (Phi) is 9.41. The van der Waals surface area contributed by atoms with Crippen LogP contribution in [-0.4, -0.2) is 29.9 Å². The van der Waals surface area contributed by atoms with Gasteiger partial charge in [0.15, 0.2) is 0 Å². The van der Waals surface area contributed by atoms with Crippen molar-refractivity contribution in [3.8, 4) is 67.8 Å². The molecule has 0 saturated heterocycles. The van der Waals surface area contributed by atoms with Crippen molar-refractivity contribution in [3.63, 3.8) is 0 Å². The van der Waals surface area contributed by atoms with Gasteiger partial charge in [-0.3, -0.25) is 19.9 Å². The molecular formula is C54H36N6S. The summed E-state index contributed by atoms with van der Waals surface area (Å²) in [5, 5.41) is 2.59. The number of pyridine rings is 6. The molecule has 1 unspecified atom stereocenters. The van der Waals surface area contributed by atoms with E-state index in [1.165, 1.54) is 42.4 Å². The van der Waals surface area contributed by atoms with Gasteiger partial charge in [-0.15, -0.1) is 11.3 Å². The summed E-state index contributed by atoms with van der Waals surface area (Å²) in [6.07, 6.45) is 15.2. The first-order valence-electron chi connectivity index (χ1n) is 20.3. The van der Waals surface area contributed by atoms with Gasteiger partial charge in [0.2, 0.25) is 0 Å². The Morgan fingerprint density at radius 1 is 0.426 bits per heavy atom. The average Bonchev–Trinajstić information content (AvgIpc) is 3.73. The van der Waals surface area contributed by atoms with Gasteiger partial charge in [0.25, 0.3) is 0 Å². The van der Waals surface area contributed by atoms with Crippen LogP contribution in [0, 0.1) is 0 Å². The van der Waals surface area contributed by atoms with Gasteiger partial charge in [0.05, 0.1) is 45.6 Å². The van der Waals surface area contributed by atoms with Gasteiger partial charge >= 0.3 is 0 Å². The third kappa shape index (κ3) is 7.22. The maximum atomic E-state index is 5.01. The average molecular weight is 801 g/mol. The Morgan fingerprint density at radius 2 is 0.918 bits per heavy atom. The van der Waals surface area contributed by atoms with E-state index in [9.17, 15) is 0 Å². The van der Waals surface area contributed by atoms with E-state index < -0.39 is 0 Å². The predicted molar refractivity (Wildman–Crippen MR) is 250 cm³/mol. The summed E-state index contributed by atoms with van der Waals surface area (Å²) in [5.74, 6) is 0.173. The lowest BCUT2D eigenvalue weighted by atomic mass is 9.86. The Balaban J connectivity index is 0.959. The second kappa shape index (κ2) is 15.8. The highest BCUT2D eigenvalue weighted by Crippen LogP contribution is 2.44. The largest absolute Gasteiger partial charge is 0.255 e. The summed E-state index contributed by atoms with van der Waals surface area (Å²) in [6.45, 7) is 0. The Labute approximate surface area is 357 Å². The van der Waals surface area contributed by atoms with Crippen LogP contribution in [0.2, 0.25) is 0 Å². The second-order valence-corrected chi connectivity index (χ2v) is 16.2. The lowest BCUT2D eigenvalue weighted by Gasteiger charge is -2.20. The molecule has 0 saturated carbocycles. The van der Waals surface area contributed by atoms with Crippen LogP contribution < -0.4 is 0 Å². The minimum Gasteiger partial charge on any atom is -0.255 e. The molecule has 0 radical (unpaired) electrons. The summed E-state index contributed by atoms with van der Waals surface area (Å²) in [6, 6.07) is 54.7. The first-order chi connectivity index (χ1) is 30.2. The number of fused-ring (bicyclic) bond motifs is 3. The molecule has 1 atom stereocenters. The van der Waals surface area contributed by atoms with Crippen molar-refractivity contribution in [1.29, 1.82) is 0 Å². The molecule has 0 amide bonds. The maximum Gasteiger partial charge on any atom is 0.0900 e. The van der Waals surface area contributed by atoms with Crippen molar-refractivity contribution in [3.05, 3.63) is 212 Å². The van der Waals surface area contributed by atoms with E-state index in [0.717, 1.165) is 68.7 Å².